The Morgan fingerprint density at radius 2 is 1.71 bits per heavy atom. The van der Waals surface area contributed by atoms with Crippen LogP contribution in [-0.2, 0) is 7.05 Å². The average Bonchev–Trinajstić information content (AvgIpc) is 2.44. The van der Waals surface area contributed by atoms with Gasteiger partial charge in [0.1, 0.15) is 10.8 Å². The van der Waals surface area contributed by atoms with Crippen molar-refractivity contribution in [3.8, 4) is 11.1 Å². The Balaban J connectivity index is 2.42. The van der Waals surface area contributed by atoms with E-state index in [9.17, 15) is 4.79 Å². The van der Waals surface area contributed by atoms with Crippen molar-refractivity contribution in [3.63, 3.8) is 0 Å². The minimum Gasteiger partial charge on any atom is -0.295 e. The number of hydrogen-bond donors (Lipinski definition) is 0. The van der Waals surface area contributed by atoms with Crippen LogP contribution in [0, 0.1) is 0 Å². The van der Waals surface area contributed by atoms with Gasteiger partial charge in [0.05, 0.1) is 15.6 Å². The molecule has 0 spiro atoms. The van der Waals surface area contributed by atoms with Gasteiger partial charge in [-0.2, -0.15) is 0 Å². The van der Waals surface area contributed by atoms with E-state index < -0.39 is 0 Å². The minimum atomic E-state index is -0.229. The third-order valence-corrected chi connectivity index (χ3v) is 4.10. The van der Waals surface area contributed by atoms with Gasteiger partial charge in [0.15, 0.2) is 0 Å². The number of aromatic nitrogens is 2. The van der Waals surface area contributed by atoms with Gasteiger partial charge in [0.2, 0.25) is 0 Å². The molecule has 2 aromatic heterocycles. The molecule has 0 fully saturated rings. The first-order chi connectivity index (χ1) is 9.99. The molecular formula is C15H9Cl3N2O. The molecule has 3 aromatic rings. The minimum absolute atomic E-state index is 0.229. The first kappa shape index (κ1) is 14.4. The number of nitrogens with zero attached hydrogens (tertiary/aromatic N) is 2. The van der Waals surface area contributed by atoms with E-state index >= 15 is 0 Å². The molecule has 0 aliphatic carbocycles. The molecule has 1 aromatic carbocycles. The molecule has 21 heavy (non-hydrogen) atoms. The monoisotopic (exact) mass is 338 g/mol. The summed E-state index contributed by atoms with van der Waals surface area (Å²) >= 11 is 18.3. The predicted octanol–water partition coefficient (Wildman–Crippen LogP) is 4.56. The fraction of sp³-hybridized carbons (Fsp3) is 0.0667. The first-order valence-electron chi connectivity index (χ1n) is 6.09. The predicted molar refractivity (Wildman–Crippen MR) is 87.5 cm³/mol. The van der Waals surface area contributed by atoms with Gasteiger partial charge in [-0.1, -0.05) is 40.9 Å². The lowest BCUT2D eigenvalue weighted by Gasteiger charge is -2.11. The van der Waals surface area contributed by atoms with Crippen molar-refractivity contribution >= 4 is 45.8 Å². The summed E-state index contributed by atoms with van der Waals surface area (Å²) in [6, 6.07) is 10.3. The van der Waals surface area contributed by atoms with E-state index in [1.54, 1.807) is 43.4 Å². The Morgan fingerprint density at radius 1 is 1.05 bits per heavy atom. The van der Waals surface area contributed by atoms with Crippen LogP contribution >= 0.6 is 34.8 Å². The lowest BCUT2D eigenvalue weighted by Crippen LogP contribution is -2.19. The Morgan fingerprint density at radius 3 is 2.38 bits per heavy atom. The molecule has 3 nitrogen and oxygen atoms in total. The van der Waals surface area contributed by atoms with Crippen molar-refractivity contribution in [2.24, 2.45) is 7.05 Å². The van der Waals surface area contributed by atoms with Crippen molar-refractivity contribution in [1.82, 2.24) is 9.55 Å². The molecule has 0 atom stereocenters. The molecule has 0 bridgehead atoms. The second kappa shape index (κ2) is 5.34. The average molecular weight is 340 g/mol. The number of pyridine rings is 2. The SMILES string of the molecule is Cn1c(=O)c(-c2c(Cl)cccc2Cl)cc2ccc(Cl)nc21. The van der Waals surface area contributed by atoms with Crippen molar-refractivity contribution in [1.29, 1.82) is 0 Å². The maximum Gasteiger partial charge on any atom is 0.259 e. The van der Waals surface area contributed by atoms with E-state index in [1.165, 1.54) is 4.57 Å². The van der Waals surface area contributed by atoms with Crippen LogP contribution in [0.2, 0.25) is 15.2 Å². The van der Waals surface area contributed by atoms with Gasteiger partial charge in [-0.05, 0) is 30.3 Å². The summed E-state index contributed by atoms with van der Waals surface area (Å²) in [5, 5.41) is 1.98. The third kappa shape index (κ3) is 2.42. The van der Waals surface area contributed by atoms with Crippen LogP contribution in [0.5, 0.6) is 0 Å². The van der Waals surface area contributed by atoms with Gasteiger partial charge in [0, 0.05) is 18.0 Å². The van der Waals surface area contributed by atoms with Crippen LogP contribution in [0.15, 0.2) is 41.2 Å². The maximum absolute atomic E-state index is 12.6. The number of aryl methyl sites for hydroxylation is 1. The quantitative estimate of drug-likeness (QED) is 0.609. The summed E-state index contributed by atoms with van der Waals surface area (Å²) in [7, 11) is 1.64. The van der Waals surface area contributed by atoms with E-state index in [2.05, 4.69) is 4.98 Å². The van der Waals surface area contributed by atoms with Gasteiger partial charge in [-0.25, -0.2) is 4.98 Å². The molecular weight excluding hydrogens is 331 g/mol. The molecule has 106 valence electrons. The smallest absolute Gasteiger partial charge is 0.259 e. The highest BCUT2D eigenvalue weighted by molar-refractivity contribution is 6.39. The number of rotatable bonds is 1. The van der Waals surface area contributed by atoms with Gasteiger partial charge in [-0.15, -0.1) is 0 Å². The van der Waals surface area contributed by atoms with Gasteiger partial charge in [-0.3, -0.25) is 9.36 Å². The molecule has 0 aliphatic heterocycles. The van der Waals surface area contributed by atoms with Crippen LogP contribution in [0.25, 0.3) is 22.2 Å². The van der Waals surface area contributed by atoms with Crippen LogP contribution in [0.3, 0.4) is 0 Å². The third-order valence-electron chi connectivity index (χ3n) is 3.26. The second-order valence-corrected chi connectivity index (χ2v) is 5.77. The van der Waals surface area contributed by atoms with E-state index in [0.717, 1.165) is 5.39 Å². The molecule has 0 aliphatic rings. The van der Waals surface area contributed by atoms with Crippen LogP contribution in [-0.4, -0.2) is 9.55 Å². The number of halogens is 3. The van der Waals surface area contributed by atoms with E-state index in [4.69, 9.17) is 34.8 Å². The van der Waals surface area contributed by atoms with Gasteiger partial charge >= 0.3 is 0 Å². The number of hydrogen-bond acceptors (Lipinski definition) is 2. The van der Waals surface area contributed by atoms with Crippen molar-refractivity contribution in [3.05, 3.63) is 62.0 Å². The molecule has 0 N–H and O–H groups in total. The molecule has 6 heteroatoms. The highest BCUT2D eigenvalue weighted by atomic mass is 35.5. The number of fused-ring (bicyclic) bond motifs is 1. The fourth-order valence-electron chi connectivity index (χ4n) is 2.25. The largest absolute Gasteiger partial charge is 0.295 e. The Hall–Kier alpha value is -1.55. The highest BCUT2D eigenvalue weighted by Gasteiger charge is 2.15. The molecule has 0 saturated carbocycles. The summed E-state index contributed by atoms with van der Waals surface area (Å²) in [6.07, 6.45) is 0. The Kier molecular flexibility index (Phi) is 3.66. The fourth-order valence-corrected chi connectivity index (χ4v) is 2.99. The zero-order valence-corrected chi connectivity index (χ0v) is 13.2. The molecule has 2 heterocycles. The summed E-state index contributed by atoms with van der Waals surface area (Å²) in [5.74, 6) is 0. The van der Waals surface area contributed by atoms with Crippen molar-refractivity contribution in [2.45, 2.75) is 0 Å². The summed E-state index contributed by atoms with van der Waals surface area (Å²) in [6.45, 7) is 0. The summed E-state index contributed by atoms with van der Waals surface area (Å²) < 4.78 is 1.44. The lowest BCUT2D eigenvalue weighted by atomic mass is 10.1. The normalized spacial score (nSPS) is 11.0. The second-order valence-electron chi connectivity index (χ2n) is 4.57. The molecule has 0 radical (unpaired) electrons. The Bertz CT molecular complexity index is 898. The van der Waals surface area contributed by atoms with E-state index in [0.29, 0.717) is 32.0 Å². The highest BCUT2D eigenvalue weighted by Crippen LogP contribution is 2.33. The van der Waals surface area contributed by atoms with Crippen molar-refractivity contribution < 1.29 is 0 Å². The topological polar surface area (TPSA) is 34.9 Å². The lowest BCUT2D eigenvalue weighted by molar-refractivity contribution is 0.890. The van der Waals surface area contributed by atoms with Crippen LogP contribution < -0.4 is 5.56 Å². The van der Waals surface area contributed by atoms with Crippen LogP contribution in [0.4, 0.5) is 0 Å². The summed E-state index contributed by atoms with van der Waals surface area (Å²) in [4.78, 5) is 16.7. The first-order valence-corrected chi connectivity index (χ1v) is 7.23. The van der Waals surface area contributed by atoms with E-state index in [1.807, 2.05) is 0 Å². The van der Waals surface area contributed by atoms with Gasteiger partial charge < -0.3 is 0 Å². The standard InChI is InChI=1S/C15H9Cl3N2O/c1-20-14-8(5-6-12(18)19-14)7-9(15(20)21)13-10(16)3-2-4-11(13)17/h2-7H,1H3. The molecule has 3 rings (SSSR count). The van der Waals surface area contributed by atoms with E-state index in [-0.39, 0.29) is 5.56 Å². The summed E-state index contributed by atoms with van der Waals surface area (Å²) in [5.41, 5.74) is 1.25. The zero-order chi connectivity index (χ0) is 15.1. The zero-order valence-electron chi connectivity index (χ0n) is 10.9. The molecule has 0 saturated heterocycles. The van der Waals surface area contributed by atoms with Gasteiger partial charge in [0.25, 0.3) is 5.56 Å². The van der Waals surface area contributed by atoms with Crippen molar-refractivity contribution in [2.75, 3.05) is 0 Å². The maximum atomic E-state index is 12.6. The Labute approximate surface area is 135 Å². The number of benzene rings is 1. The molecule has 0 amide bonds. The molecule has 0 unspecified atom stereocenters. The van der Waals surface area contributed by atoms with Crippen LogP contribution in [0.1, 0.15) is 0 Å².